The summed E-state index contributed by atoms with van der Waals surface area (Å²) in [5.41, 5.74) is 2.96. The molecule has 2 aromatic carbocycles. The van der Waals surface area contributed by atoms with E-state index in [-0.39, 0.29) is 11.5 Å². The molecule has 3 aromatic rings. The minimum atomic E-state index is -0.778. The van der Waals surface area contributed by atoms with E-state index in [1.165, 1.54) is 7.11 Å². The maximum absolute atomic E-state index is 13.0. The van der Waals surface area contributed by atoms with Crippen LogP contribution in [-0.2, 0) is 16.6 Å². The highest BCUT2D eigenvalue weighted by molar-refractivity contribution is 6.15. The van der Waals surface area contributed by atoms with Gasteiger partial charge in [-0.05, 0) is 50.3 Å². The summed E-state index contributed by atoms with van der Waals surface area (Å²) in [7, 11) is 4.87. The van der Waals surface area contributed by atoms with E-state index < -0.39 is 12.1 Å². The SMILES string of the molecule is COC(=O)C(C)Oc1ccc2c(c1C)O/C(=C\c1cn(C)c3ccc(OC)cc13)C2=O. The minimum Gasteiger partial charge on any atom is -0.497 e. The smallest absolute Gasteiger partial charge is 0.346 e. The average molecular weight is 421 g/mol. The summed E-state index contributed by atoms with van der Waals surface area (Å²) in [6.45, 7) is 3.39. The number of aryl methyl sites for hydroxylation is 1. The van der Waals surface area contributed by atoms with Crippen molar-refractivity contribution in [2.24, 2.45) is 7.05 Å². The predicted octanol–water partition coefficient (Wildman–Crippen LogP) is 4.05. The Balaban J connectivity index is 1.70. The molecule has 1 aliphatic rings. The number of methoxy groups -OCH3 is 2. The first-order chi connectivity index (χ1) is 14.8. The Labute approximate surface area is 179 Å². The molecule has 7 nitrogen and oxygen atoms in total. The van der Waals surface area contributed by atoms with E-state index in [4.69, 9.17) is 18.9 Å². The van der Waals surface area contributed by atoms with Gasteiger partial charge in [-0.1, -0.05) is 0 Å². The van der Waals surface area contributed by atoms with Crippen molar-refractivity contribution in [3.8, 4) is 17.2 Å². The van der Waals surface area contributed by atoms with E-state index in [1.807, 2.05) is 36.0 Å². The Morgan fingerprint density at radius 1 is 1.19 bits per heavy atom. The van der Waals surface area contributed by atoms with Crippen LogP contribution in [0.5, 0.6) is 17.2 Å². The van der Waals surface area contributed by atoms with E-state index >= 15 is 0 Å². The number of allylic oxidation sites excluding steroid dienone is 1. The van der Waals surface area contributed by atoms with Crippen molar-refractivity contribution in [1.82, 2.24) is 4.57 Å². The summed E-state index contributed by atoms with van der Waals surface area (Å²) >= 11 is 0. The van der Waals surface area contributed by atoms with Crippen LogP contribution in [0, 0.1) is 6.92 Å². The standard InChI is InChI=1S/C24H23NO6/c1-13-20(30-14(2)24(27)29-5)9-7-17-22(26)21(31-23(13)17)10-15-12-25(3)19-8-6-16(28-4)11-18(15)19/h6-12,14H,1-5H3/b21-10-. The van der Waals surface area contributed by atoms with Crippen molar-refractivity contribution in [3.05, 3.63) is 59.0 Å². The Bertz CT molecular complexity index is 1240. The highest BCUT2D eigenvalue weighted by atomic mass is 16.6. The van der Waals surface area contributed by atoms with Gasteiger partial charge >= 0.3 is 5.97 Å². The molecule has 160 valence electrons. The van der Waals surface area contributed by atoms with Gasteiger partial charge in [-0.3, -0.25) is 4.79 Å². The van der Waals surface area contributed by atoms with Crippen LogP contribution in [-0.4, -0.2) is 36.6 Å². The second-order valence-electron chi connectivity index (χ2n) is 7.37. The summed E-state index contributed by atoms with van der Waals surface area (Å²) in [4.78, 5) is 24.6. The number of ether oxygens (including phenoxy) is 4. The molecule has 0 saturated heterocycles. The number of nitrogens with zero attached hydrogens (tertiary/aromatic N) is 1. The van der Waals surface area contributed by atoms with Crippen molar-refractivity contribution < 1.29 is 28.5 Å². The number of hydrogen-bond acceptors (Lipinski definition) is 6. The number of rotatable bonds is 5. The number of fused-ring (bicyclic) bond motifs is 2. The van der Waals surface area contributed by atoms with Crippen molar-refractivity contribution in [3.63, 3.8) is 0 Å². The molecule has 1 aliphatic heterocycles. The lowest BCUT2D eigenvalue weighted by Crippen LogP contribution is -2.25. The molecule has 7 heteroatoms. The molecule has 0 spiro atoms. The van der Waals surface area contributed by atoms with Crippen molar-refractivity contribution in [2.75, 3.05) is 14.2 Å². The number of carbonyl (C=O) groups excluding carboxylic acids is 2. The van der Waals surface area contributed by atoms with Gasteiger partial charge in [0.1, 0.15) is 17.2 Å². The highest BCUT2D eigenvalue weighted by Gasteiger charge is 2.31. The van der Waals surface area contributed by atoms with E-state index in [9.17, 15) is 9.59 Å². The predicted molar refractivity (Wildman–Crippen MR) is 116 cm³/mol. The Kier molecular flexibility index (Phi) is 5.19. The van der Waals surface area contributed by atoms with Gasteiger partial charge in [-0.15, -0.1) is 0 Å². The normalized spacial score (nSPS) is 15.0. The molecule has 1 unspecified atom stereocenters. The second kappa shape index (κ2) is 7.83. The molecule has 0 fully saturated rings. The zero-order valence-corrected chi connectivity index (χ0v) is 18.0. The van der Waals surface area contributed by atoms with Gasteiger partial charge in [-0.2, -0.15) is 0 Å². The molecule has 0 amide bonds. The van der Waals surface area contributed by atoms with Gasteiger partial charge in [0.05, 0.1) is 19.8 Å². The molecular weight excluding hydrogens is 398 g/mol. The van der Waals surface area contributed by atoms with E-state index in [2.05, 4.69) is 0 Å². The largest absolute Gasteiger partial charge is 0.497 e. The topological polar surface area (TPSA) is 76.0 Å². The maximum atomic E-state index is 13.0. The summed E-state index contributed by atoms with van der Waals surface area (Å²) in [6.07, 6.45) is 2.90. The van der Waals surface area contributed by atoms with Gasteiger partial charge in [0, 0.05) is 35.3 Å². The third kappa shape index (κ3) is 3.52. The fourth-order valence-corrected chi connectivity index (χ4v) is 3.69. The molecule has 0 bridgehead atoms. The maximum Gasteiger partial charge on any atom is 0.346 e. The molecule has 0 N–H and O–H groups in total. The number of Topliss-reactive ketones (excluding diaryl/α,β-unsaturated/α-hetero) is 1. The molecule has 0 radical (unpaired) electrons. The second-order valence-corrected chi connectivity index (χ2v) is 7.37. The van der Waals surface area contributed by atoms with Crippen LogP contribution >= 0.6 is 0 Å². The van der Waals surface area contributed by atoms with Crippen LogP contribution in [0.3, 0.4) is 0 Å². The molecule has 4 rings (SSSR count). The van der Waals surface area contributed by atoms with Crippen molar-refractivity contribution in [2.45, 2.75) is 20.0 Å². The molecule has 31 heavy (non-hydrogen) atoms. The molecule has 2 heterocycles. The fourth-order valence-electron chi connectivity index (χ4n) is 3.69. The van der Waals surface area contributed by atoms with Crippen LogP contribution in [0.15, 0.2) is 42.3 Å². The lowest BCUT2D eigenvalue weighted by atomic mass is 10.1. The summed E-state index contributed by atoms with van der Waals surface area (Å²) < 4.78 is 23.7. The first-order valence-electron chi connectivity index (χ1n) is 9.79. The van der Waals surface area contributed by atoms with Crippen LogP contribution in [0.1, 0.15) is 28.4 Å². The van der Waals surface area contributed by atoms with Crippen LogP contribution in [0.25, 0.3) is 17.0 Å². The molecular formula is C24H23NO6. The average Bonchev–Trinajstić information content (AvgIpc) is 3.26. The minimum absolute atomic E-state index is 0.203. The third-order valence-corrected chi connectivity index (χ3v) is 5.39. The van der Waals surface area contributed by atoms with Crippen molar-refractivity contribution in [1.29, 1.82) is 0 Å². The van der Waals surface area contributed by atoms with Crippen molar-refractivity contribution >= 4 is 28.7 Å². The first-order valence-corrected chi connectivity index (χ1v) is 9.79. The van der Waals surface area contributed by atoms with Gasteiger partial charge in [-0.25, -0.2) is 4.79 Å². The quantitative estimate of drug-likeness (QED) is 0.457. The summed E-state index contributed by atoms with van der Waals surface area (Å²) in [5, 5.41) is 0.953. The zero-order chi connectivity index (χ0) is 22.3. The molecule has 1 atom stereocenters. The monoisotopic (exact) mass is 421 g/mol. The van der Waals surface area contributed by atoms with Gasteiger partial charge in [0.2, 0.25) is 5.78 Å². The van der Waals surface area contributed by atoms with E-state index in [0.717, 1.165) is 22.2 Å². The number of ketones is 1. The highest BCUT2D eigenvalue weighted by Crippen LogP contribution is 2.40. The Morgan fingerprint density at radius 2 is 1.97 bits per heavy atom. The van der Waals surface area contributed by atoms with Crippen LogP contribution < -0.4 is 14.2 Å². The fraction of sp³-hybridized carbons (Fsp3) is 0.250. The molecule has 0 aliphatic carbocycles. The lowest BCUT2D eigenvalue weighted by molar-refractivity contribution is -0.147. The summed E-state index contributed by atoms with van der Waals surface area (Å²) in [5.74, 6) is 1.17. The number of hydrogen-bond donors (Lipinski definition) is 0. The Morgan fingerprint density at radius 3 is 2.68 bits per heavy atom. The lowest BCUT2D eigenvalue weighted by Gasteiger charge is -2.15. The van der Waals surface area contributed by atoms with Crippen LogP contribution in [0.4, 0.5) is 0 Å². The van der Waals surface area contributed by atoms with Gasteiger partial charge in [0.15, 0.2) is 11.9 Å². The number of carbonyl (C=O) groups is 2. The molecule has 1 aromatic heterocycles. The Hall–Kier alpha value is -3.74. The summed E-state index contributed by atoms with van der Waals surface area (Å²) in [6, 6.07) is 9.11. The van der Waals surface area contributed by atoms with Gasteiger partial charge < -0.3 is 23.5 Å². The van der Waals surface area contributed by atoms with E-state index in [0.29, 0.717) is 22.6 Å². The van der Waals surface area contributed by atoms with Gasteiger partial charge in [0.25, 0.3) is 0 Å². The zero-order valence-electron chi connectivity index (χ0n) is 18.0. The van der Waals surface area contributed by atoms with E-state index in [1.54, 1.807) is 39.2 Å². The molecule has 0 saturated carbocycles. The number of benzene rings is 2. The number of esters is 1. The van der Waals surface area contributed by atoms with Crippen LogP contribution in [0.2, 0.25) is 0 Å². The third-order valence-electron chi connectivity index (χ3n) is 5.39. The first kappa shape index (κ1) is 20.5. The number of aromatic nitrogens is 1.